The maximum absolute atomic E-state index is 5.63. The van der Waals surface area contributed by atoms with Crippen molar-refractivity contribution in [3.63, 3.8) is 0 Å². The van der Waals surface area contributed by atoms with Gasteiger partial charge in [-0.1, -0.05) is 9.98 Å². The second-order valence-corrected chi connectivity index (χ2v) is 4.18. The Morgan fingerprint density at radius 3 is 3.00 bits per heavy atom. The molecule has 2 aromatic rings. The molecule has 0 saturated carbocycles. The van der Waals surface area contributed by atoms with Gasteiger partial charge in [0.15, 0.2) is 5.69 Å². The highest BCUT2D eigenvalue weighted by Gasteiger charge is 2.26. The number of rotatable bonds is 1. The summed E-state index contributed by atoms with van der Waals surface area (Å²) in [5.41, 5.74) is 8.07. The van der Waals surface area contributed by atoms with Crippen LogP contribution in [-0.2, 0) is 0 Å². The summed E-state index contributed by atoms with van der Waals surface area (Å²) >= 11 is 1.52. The molecule has 0 amide bonds. The molecular weight excluding hydrogens is 224 g/mol. The number of aromatic nitrogens is 3. The van der Waals surface area contributed by atoms with Gasteiger partial charge in [0.25, 0.3) is 5.95 Å². The van der Waals surface area contributed by atoms with E-state index >= 15 is 0 Å². The molecule has 7 heteroatoms. The van der Waals surface area contributed by atoms with Crippen LogP contribution in [0, 0.1) is 6.92 Å². The van der Waals surface area contributed by atoms with Crippen molar-refractivity contribution in [2.24, 2.45) is 0 Å². The van der Waals surface area contributed by atoms with Gasteiger partial charge in [0.1, 0.15) is 5.01 Å². The molecule has 3 N–H and O–H groups in total. The number of thiazole rings is 1. The summed E-state index contributed by atoms with van der Waals surface area (Å²) < 4.78 is 0. The Morgan fingerprint density at radius 1 is 1.38 bits per heavy atom. The summed E-state index contributed by atoms with van der Waals surface area (Å²) in [4.78, 5) is 16.7. The van der Waals surface area contributed by atoms with Crippen molar-refractivity contribution < 1.29 is 0 Å². The summed E-state index contributed by atoms with van der Waals surface area (Å²) in [6.07, 6.45) is 1.57. The number of nitrogens with zero attached hydrogens (tertiary/aromatic N) is 4. The first-order valence-corrected chi connectivity index (χ1v) is 5.51. The van der Waals surface area contributed by atoms with Crippen molar-refractivity contribution in [1.82, 2.24) is 19.9 Å². The summed E-state index contributed by atoms with van der Waals surface area (Å²) in [6, 6.07) is 0. The van der Waals surface area contributed by atoms with Crippen LogP contribution in [0.3, 0.4) is 0 Å². The topological polar surface area (TPSA) is 90.8 Å². The van der Waals surface area contributed by atoms with Crippen LogP contribution in [0.2, 0.25) is 0 Å². The lowest BCUT2D eigenvalue weighted by Gasteiger charge is -1.98. The molecule has 1 aliphatic rings. The molecule has 1 aliphatic heterocycles. The van der Waals surface area contributed by atoms with Crippen LogP contribution in [0.1, 0.15) is 5.69 Å². The van der Waals surface area contributed by atoms with E-state index < -0.39 is 0 Å². The number of hydrogen-bond acceptors (Lipinski definition) is 7. The quantitative estimate of drug-likeness (QED) is 0.762. The molecule has 6 nitrogen and oxygen atoms in total. The van der Waals surface area contributed by atoms with Gasteiger partial charge in [0, 0.05) is 11.1 Å². The number of nitrogen functional groups attached to an aromatic ring is 1. The van der Waals surface area contributed by atoms with E-state index in [0.29, 0.717) is 11.5 Å². The summed E-state index contributed by atoms with van der Waals surface area (Å²) in [5.74, 6) is 0.776. The summed E-state index contributed by atoms with van der Waals surface area (Å²) in [6.45, 7) is 1.94. The van der Waals surface area contributed by atoms with Gasteiger partial charge < -0.3 is 5.73 Å². The number of nitrogens with two attached hydrogens (primary N) is 1. The minimum Gasteiger partial charge on any atom is -0.354 e. The normalized spacial score (nSPS) is 12.6. The van der Waals surface area contributed by atoms with Crippen LogP contribution in [0.25, 0.3) is 10.7 Å². The lowest BCUT2D eigenvalue weighted by atomic mass is 10.3. The van der Waals surface area contributed by atoms with Crippen LogP contribution in [0.4, 0.5) is 17.5 Å². The van der Waals surface area contributed by atoms with Crippen molar-refractivity contribution >= 4 is 35.1 Å². The van der Waals surface area contributed by atoms with Gasteiger partial charge in [-0.05, 0) is 6.92 Å². The van der Waals surface area contributed by atoms with E-state index in [0.717, 1.165) is 16.4 Å². The summed E-state index contributed by atoms with van der Waals surface area (Å²) in [5, 5.41) is 5.79. The average Bonchev–Trinajstić information content (AvgIpc) is 2.84. The smallest absolute Gasteiger partial charge is 0.341 e. The standard InChI is InChI=1S/C9H8N6S/c1-4-2-16-8(13-4)6-5-7(12-3-11-5)15-9(10)14-6/h2-3,11H,1H3,(H2,10,14,15)/q+1. The first-order valence-electron chi connectivity index (χ1n) is 4.63. The molecule has 3 heterocycles. The third-order valence-electron chi connectivity index (χ3n) is 2.12. The van der Waals surface area contributed by atoms with Gasteiger partial charge in [-0.15, -0.1) is 11.3 Å². The molecule has 1 radical (unpaired) electrons. The zero-order chi connectivity index (χ0) is 11.1. The van der Waals surface area contributed by atoms with Gasteiger partial charge in [0.05, 0.1) is 0 Å². The zero-order valence-corrected chi connectivity index (χ0v) is 9.25. The van der Waals surface area contributed by atoms with Gasteiger partial charge in [-0.3, -0.25) is 5.32 Å². The summed E-state index contributed by atoms with van der Waals surface area (Å²) in [7, 11) is 0. The maximum atomic E-state index is 5.63. The van der Waals surface area contributed by atoms with Crippen molar-refractivity contribution in [2.45, 2.75) is 6.92 Å². The first kappa shape index (κ1) is 9.22. The van der Waals surface area contributed by atoms with Crippen LogP contribution in [-0.4, -0.2) is 21.3 Å². The van der Waals surface area contributed by atoms with E-state index in [4.69, 9.17) is 5.73 Å². The van der Waals surface area contributed by atoms with E-state index in [2.05, 4.69) is 25.3 Å². The number of aryl methyl sites for hydroxylation is 1. The highest BCUT2D eigenvalue weighted by atomic mass is 32.1. The lowest BCUT2D eigenvalue weighted by molar-refractivity contribution is 1.15. The third-order valence-corrected chi connectivity index (χ3v) is 3.09. The van der Waals surface area contributed by atoms with Crippen LogP contribution < -0.4 is 16.0 Å². The predicted molar refractivity (Wildman–Crippen MR) is 63.8 cm³/mol. The largest absolute Gasteiger partial charge is 0.354 e. The number of aliphatic imine (C=N–C) groups is 1. The molecule has 3 rings (SSSR count). The number of hydrogen-bond donors (Lipinski definition) is 2. The predicted octanol–water partition coefficient (Wildman–Crippen LogP) is 0.912. The monoisotopic (exact) mass is 232 g/mol. The molecular formula is C9H8N6S+. The molecule has 16 heavy (non-hydrogen) atoms. The lowest BCUT2D eigenvalue weighted by Crippen LogP contribution is -2.00. The fourth-order valence-corrected chi connectivity index (χ4v) is 2.26. The molecule has 0 fully saturated rings. The minimum atomic E-state index is 0.211. The van der Waals surface area contributed by atoms with Gasteiger partial charge in [0.2, 0.25) is 12.0 Å². The zero-order valence-electron chi connectivity index (χ0n) is 8.43. The Bertz CT molecular complexity index is 588. The van der Waals surface area contributed by atoms with Gasteiger partial charge in [-0.25, -0.2) is 4.98 Å². The molecule has 0 saturated heterocycles. The van der Waals surface area contributed by atoms with Crippen molar-refractivity contribution in [2.75, 3.05) is 11.1 Å². The van der Waals surface area contributed by atoms with Gasteiger partial charge in [-0.2, -0.15) is 4.98 Å². The van der Waals surface area contributed by atoms with Gasteiger partial charge >= 0.3 is 5.82 Å². The second kappa shape index (κ2) is 3.24. The Hall–Kier alpha value is -2.02. The molecule has 0 atom stereocenters. The number of nitrogens with one attached hydrogen (secondary N) is 1. The number of fused-ring (bicyclic) bond motifs is 1. The fourth-order valence-electron chi connectivity index (χ4n) is 1.47. The maximum Gasteiger partial charge on any atom is 0.341 e. The van der Waals surface area contributed by atoms with E-state index in [9.17, 15) is 0 Å². The highest BCUT2D eigenvalue weighted by Crippen LogP contribution is 2.34. The van der Waals surface area contributed by atoms with E-state index in [1.807, 2.05) is 12.3 Å². The molecule has 0 bridgehead atoms. The van der Waals surface area contributed by atoms with E-state index in [-0.39, 0.29) is 5.95 Å². The first-order chi connectivity index (χ1) is 7.74. The van der Waals surface area contributed by atoms with Crippen molar-refractivity contribution in [3.05, 3.63) is 11.1 Å². The third kappa shape index (κ3) is 1.33. The highest BCUT2D eigenvalue weighted by molar-refractivity contribution is 7.13. The Balaban J connectivity index is 2.22. The van der Waals surface area contributed by atoms with E-state index in [1.54, 1.807) is 6.34 Å². The van der Waals surface area contributed by atoms with Crippen LogP contribution in [0.5, 0.6) is 0 Å². The Morgan fingerprint density at radius 2 is 2.25 bits per heavy atom. The molecule has 0 aromatic carbocycles. The fraction of sp³-hybridized carbons (Fsp3) is 0.111. The molecule has 0 aliphatic carbocycles. The second-order valence-electron chi connectivity index (χ2n) is 3.33. The molecule has 0 spiro atoms. The van der Waals surface area contributed by atoms with E-state index in [1.165, 1.54) is 11.3 Å². The molecule has 2 aromatic heterocycles. The van der Waals surface area contributed by atoms with Crippen molar-refractivity contribution in [3.8, 4) is 10.7 Å². The minimum absolute atomic E-state index is 0.211. The molecule has 0 unspecified atom stereocenters. The van der Waals surface area contributed by atoms with Crippen molar-refractivity contribution in [1.29, 1.82) is 0 Å². The van der Waals surface area contributed by atoms with Crippen LogP contribution >= 0.6 is 11.3 Å². The molecule has 79 valence electrons. The Kier molecular flexibility index (Phi) is 1.87. The SMILES string of the molecule is Cc1csc(-c2nc(N)nc3c2NC=[N+]3)n1. The average molecular weight is 232 g/mol. The number of anilines is 2. The van der Waals surface area contributed by atoms with Crippen LogP contribution in [0.15, 0.2) is 5.38 Å². The Labute approximate surface area is 95.3 Å².